The lowest BCUT2D eigenvalue weighted by Gasteiger charge is -2.25. The lowest BCUT2D eigenvalue weighted by Crippen LogP contribution is -2.35. The normalized spacial score (nSPS) is 17.6. The van der Waals surface area contributed by atoms with Gasteiger partial charge in [0, 0.05) is 28.8 Å². The number of hydrogen-bond donors (Lipinski definition) is 1. The second-order valence-electron chi connectivity index (χ2n) is 6.64. The van der Waals surface area contributed by atoms with Crippen molar-refractivity contribution in [3.05, 3.63) is 59.4 Å². The van der Waals surface area contributed by atoms with Crippen molar-refractivity contribution in [3.8, 4) is 0 Å². The minimum atomic E-state index is -0.212. The van der Waals surface area contributed by atoms with Crippen molar-refractivity contribution >= 4 is 29.7 Å². The quantitative estimate of drug-likeness (QED) is 0.782. The molecule has 5 heteroatoms. The Morgan fingerprint density at radius 3 is 2.54 bits per heavy atom. The van der Waals surface area contributed by atoms with Crippen molar-refractivity contribution in [1.29, 1.82) is 0 Å². The summed E-state index contributed by atoms with van der Waals surface area (Å²) in [6, 6.07) is 12.0. The first-order valence-corrected chi connectivity index (χ1v) is 8.07. The molecule has 2 aromatic carbocycles. The minimum Gasteiger partial charge on any atom is -0.399 e. The molecule has 2 aliphatic rings. The Bertz CT molecular complexity index is 787. The minimum absolute atomic E-state index is 0. The monoisotopic (exact) mass is 346 g/mol. The van der Waals surface area contributed by atoms with Crippen molar-refractivity contribution in [2.24, 2.45) is 0 Å². The van der Waals surface area contributed by atoms with Gasteiger partial charge >= 0.3 is 0 Å². The highest BCUT2D eigenvalue weighted by molar-refractivity contribution is 6.08. The predicted molar refractivity (Wildman–Crippen MR) is 96.3 cm³/mol. The average molecular weight is 347 g/mol. The van der Waals surface area contributed by atoms with Gasteiger partial charge in [0.25, 0.3) is 5.91 Å². The summed E-state index contributed by atoms with van der Waals surface area (Å²) >= 11 is 0. The Morgan fingerprint density at radius 2 is 1.83 bits per heavy atom. The largest absolute Gasteiger partial charge is 0.399 e. The number of halogens is 2. The summed E-state index contributed by atoms with van der Waals surface area (Å²) in [5.74, 6) is -0.291. The van der Waals surface area contributed by atoms with Gasteiger partial charge in [0.1, 0.15) is 5.82 Å². The van der Waals surface area contributed by atoms with Crippen molar-refractivity contribution in [3.63, 3.8) is 0 Å². The summed E-state index contributed by atoms with van der Waals surface area (Å²) in [5, 5.41) is 0. The molecule has 2 aromatic rings. The summed E-state index contributed by atoms with van der Waals surface area (Å²) in [5.41, 5.74) is 8.15. The van der Waals surface area contributed by atoms with Crippen molar-refractivity contribution in [2.45, 2.75) is 31.1 Å². The van der Waals surface area contributed by atoms with E-state index in [0.717, 1.165) is 36.9 Å². The van der Waals surface area contributed by atoms with Gasteiger partial charge in [-0.2, -0.15) is 0 Å². The fourth-order valence-corrected chi connectivity index (χ4v) is 4.20. The number of amides is 1. The van der Waals surface area contributed by atoms with Gasteiger partial charge in [-0.1, -0.05) is 25.0 Å². The average Bonchev–Trinajstić information content (AvgIpc) is 3.14. The molecule has 0 unspecified atom stereocenters. The van der Waals surface area contributed by atoms with E-state index in [1.807, 2.05) is 6.07 Å². The lowest BCUT2D eigenvalue weighted by atomic mass is 9.80. The van der Waals surface area contributed by atoms with E-state index >= 15 is 0 Å². The van der Waals surface area contributed by atoms with E-state index in [2.05, 4.69) is 0 Å². The smallest absolute Gasteiger partial charge is 0.258 e. The van der Waals surface area contributed by atoms with Crippen LogP contribution in [0.5, 0.6) is 0 Å². The zero-order valence-corrected chi connectivity index (χ0v) is 14.1. The maximum Gasteiger partial charge on any atom is 0.258 e. The molecule has 1 spiro atoms. The first kappa shape index (κ1) is 16.8. The Balaban J connectivity index is 0.00000169. The van der Waals surface area contributed by atoms with Crippen LogP contribution in [0.15, 0.2) is 42.5 Å². The molecular weight excluding hydrogens is 327 g/mol. The van der Waals surface area contributed by atoms with Gasteiger partial charge in [0.15, 0.2) is 0 Å². The third-order valence-corrected chi connectivity index (χ3v) is 5.21. The van der Waals surface area contributed by atoms with Crippen LogP contribution in [-0.2, 0) is 5.41 Å². The fourth-order valence-electron chi connectivity index (χ4n) is 4.20. The number of nitrogen functional groups attached to an aromatic ring is 1. The number of carbonyl (C=O) groups is 1. The molecule has 1 fully saturated rings. The highest BCUT2D eigenvalue weighted by atomic mass is 35.5. The van der Waals surface area contributed by atoms with Crippen LogP contribution < -0.4 is 10.6 Å². The number of nitrogens with zero attached hydrogens (tertiary/aromatic N) is 1. The summed E-state index contributed by atoms with van der Waals surface area (Å²) in [6.07, 6.45) is 4.07. The Hall–Kier alpha value is -2.07. The van der Waals surface area contributed by atoms with E-state index in [1.54, 1.807) is 35.2 Å². The van der Waals surface area contributed by atoms with Gasteiger partial charge in [-0.15, -0.1) is 12.4 Å². The van der Waals surface area contributed by atoms with Gasteiger partial charge in [0.2, 0.25) is 0 Å². The van der Waals surface area contributed by atoms with Crippen molar-refractivity contribution in [2.75, 3.05) is 17.2 Å². The molecule has 24 heavy (non-hydrogen) atoms. The lowest BCUT2D eigenvalue weighted by molar-refractivity contribution is 0.0985. The van der Waals surface area contributed by atoms with Crippen LogP contribution in [0.3, 0.4) is 0 Å². The summed E-state index contributed by atoms with van der Waals surface area (Å²) in [6.45, 7) is 0.566. The Morgan fingerprint density at radius 1 is 1.12 bits per heavy atom. The molecule has 1 aliphatic heterocycles. The Kier molecular flexibility index (Phi) is 4.26. The molecule has 2 N–H and O–H groups in total. The molecule has 0 radical (unpaired) electrons. The molecule has 126 valence electrons. The number of carbonyl (C=O) groups excluding carboxylic acids is 1. The van der Waals surface area contributed by atoms with Crippen molar-refractivity contribution in [1.82, 2.24) is 0 Å². The second kappa shape index (κ2) is 6.10. The van der Waals surface area contributed by atoms with Gasteiger partial charge in [-0.3, -0.25) is 4.79 Å². The van der Waals surface area contributed by atoms with E-state index in [4.69, 9.17) is 5.73 Å². The van der Waals surface area contributed by atoms with Crippen LogP contribution >= 0.6 is 12.4 Å². The molecule has 1 amide bonds. The Labute approximate surface area is 147 Å². The number of benzene rings is 2. The van der Waals surface area contributed by atoms with E-state index in [0.29, 0.717) is 17.8 Å². The molecule has 1 aliphatic carbocycles. The van der Waals surface area contributed by atoms with Crippen molar-refractivity contribution < 1.29 is 9.18 Å². The van der Waals surface area contributed by atoms with Gasteiger partial charge < -0.3 is 10.6 Å². The van der Waals surface area contributed by atoms with Crippen LogP contribution in [0.1, 0.15) is 41.6 Å². The molecule has 0 aromatic heterocycles. The molecule has 0 bridgehead atoms. The molecule has 0 atom stereocenters. The third-order valence-electron chi connectivity index (χ3n) is 5.21. The topological polar surface area (TPSA) is 46.3 Å². The first-order chi connectivity index (χ1) is 11.1. The summed E-state index contributed by atoms with van der Waals surface area (Å²) < 4.78 is 14.5. The highest BCUT2D eigenvalue weighted by Crippen LogP contribution is 2.51. The number of hydrogen-bond acceptors (Lipinski definition) is 2. The van der Waals surface area contributed by atoms with Crippen LogP contribution in [0, 0.1) is 5.82 Å². The first-order valence-electron chi connectivity index (χ1n) is 8.07. The van der Waals surface area contributed by atoms with E-state index in [-0.39, 0.29) is 29.5 Å². The van der Waals surface area contributed by atoms with Gasteiger partial charge in [0.05, 0.1) is 5.69 Å². The van der Waals surface area contributed by atoms with Gasteiger partial charge in [-0.05, 0) is 43.2 Å². The van der Waals surface area contributed by atoms with E-state index in [1.165, 1.54) is 6.07 Å². The maximum absolute atomic E-state index is 14.5. The molecule has 3 nitrogen and oxygen atoms in total. The molecule has 1 heterocycles. The third kappa shape index (κ3) is 2.46. The predicted octanol–water partition coefficient (Wildman–Crippen LogP) is 4.30. The highest BCUT2D eigenvalue weighted by Gasteiger charge is 2.48. The standard InChI is InChI=1S/C19H19FN2O.ClH/c20-15-7-4-8-16-17(15)19(9-1-2-10-19)12-22(16)18(23)13-5-3-6-14(21)11-13;/h3-8,11H,1-2,9-10,12,21H2;1H. The number of nitrogens with two attached hydrogens (primary N) is 1. The second-order valence-corrected chi connectivity index (χ2v) is 6.64. The molecule has 0 saturated heterocycles. The van der Waals surface area contributed by atoms with E-state index in [9.17, 15) is 9.18 Å². The maximum atomic E-state index is 14.5. The zero-order chi connectivity index (χ0) is 16.0. The number of rotatable bonds is 1. The molecular formula is C19H20ClFN2O. The van der Waals surface area contributed by atoms with Crippen LogP contribution in [-0.4, -0.2) is 12.5 Å². The summed E-state index contributed by atoms with van der Waals surface area (Å²) in [4.78, 5) is 14.7. The zero-order valence-electron chi connectivity index (χ0n) is 13.3. The molecule has 4 rings (SSSR count). The fraction of sp³-hybridized carbons (Fsp3) is 0.316. The SMILES string of the molecule is Cl.Nc1cccc(C(=O)N2CC3(CCCC3)c3c(F)cccc32)c1. The summed E-state index contributed by atoms with van der Waals surface area (Å²) in [7, 11) is 0. The van der Waals surface area contributed by atoms with Gasteiger partial charge in [-0.25, -0.2) is 4.39 Å². The van der Waals surface area contributed by atoms with E-state index < -0.39 is 0 Å². The van der Waals surface area contributed by atoms with Crippen LogP contribution in [0.2, 0.25) is 0 Å². The number of anilines is 2. The van der Waals surface area contributed by atoms with Crippen LogP contribution in [0.25, 0.3) is 0 Å². The van der Waals surface area contributed by atoms with Crippen LogP contribution in [0.4, 0.5) is 15.8 Å². The molecule has 1 saturated carbocycles. The number of fused-ring (bicyclic) bond motifs is 2.